The van der Waals surface area contributed by atoms with E-state index in [0.717, 1.165) is 5.56 Å². The summed E-state index contributed by atoms with van der Waals surface area (Å²) in [5.41, 5.74) is 1.10. The third-order valence-electron chi connectivity index (χ3n) is 3.85. The fraction of sp³-hybridized carbons (Fsp3) is 0.278. The normalized spacial score (nSPS) is 12.6. The number of halogens is 2. The Morgan fingerprint density at radius 3 is 2.35 bits per heavy atom. The van der Waals surface area contributed by atoms with Crippen LogP contribution in [0, 0.1) is 0 Å². The molecular formula is C18H20Cl2N2O3S. The Morgan fingerprint density at radius 1 is 1.12 bits per heavy atom. The van der Waals surface area contributed by atoms with Crippen molar-refractivity contribution in [1.29, 1.82) is 0 Å². The summed E-state index contributed by atoms with van der Waals surface area (Å²) in [7, 11) is -3.59. The summed E-state index contributed by atoms with van der Waals surface area (Å²) in [5, 5.41) is 3.73. The molecule has 1 amide bonds. The lowest BCUT2D eigenvalue weighted by atomic mass is 10.2. The third kappa shape index (κ3) is 5.45. The Kier molecular flexibility index (Phi) is 7.06. The number of benzene rings is 2. The zero-order chi connectivity index (χ0) is 19.3. The molecule has 140 valence electrons. The zero-order valence-electron chi connectivity index (χ0n) is 14.4. The van der Waals surface area contributed by atoms with E-state index in [4.69, 9.17) is 23.2 Å². The van der Waals surface area contributed by atoms with Crippen molar-refractivity contribution >= 4 is 39.1 Å². The maximum atomic E-state index is 12.2. The van der Waals surface area contributed by atoms with Gasteiger partial charge in [0, 0.05) is 28.2 Å². The molecule has 0 bridgehead atoms. The van der Waals surface area contributed by atoms with Crippen LogP contribution in [0.4, 0.5) is 0 Å². The molecule has 2 N–H and O–H groups in total. The Labute approximate surface area is 163 Å². The third-order valence-corrected chi connectivity index (χ3v) is 6.04. The van der Waals surface area contributed by atoms with Gasteiger partial charge in [-0.2, -0.15) is 0 Å². The van der Waals surface area contributed by atoms with Crippen molar-refractivity contribution in [2.45, 2.75) is 37.8 Å². The number of hydrogen-bond donors (Lipinski definition) is 2. The number of hydrogen-bond acceptors (Lipinski definition) is 3. The van der Waals surface area contributed by atoms with Crippen molar-refractivity contribution < 1.29 is 13.2 Å². The summed E-state index contributed by atoms with van der Waals surface area (Å²) in [5.74, 6) is -0.324. The zero-order valence-corrected chi connectivity index (χ0v) is 16.8. The number of rotatable bonds is 7. The first-order valence-corrected chi connectivity index (χ1v) is 10.3. The molecule has 8 heteroatoms. The largest absolute Gasteiger partial charge is 0.348 e. The van der Waals surface area contributed by atoms with E-state index in [1.54, 1.807) is 25.1 Å². The monoisotopic (exact) mass is 414 g/mol. The lowest BCUT2D eigenvalue weighted by Crippen LogP contribution is -2.32. The lowest BCUT2D eigenvalue weighted by Gasteiger charge is -2.12. The van der Waals surface area contributed by atoms with Gasteiger partial charge in [0.25, 0.3) is 5.91 Å². The molecular weight excluding hydrogens is 395 g/mol. The molecule has 0 unspecified atom stereocenters. The van der Waals surface area contributed by atoms with Crippen LogP contribution in [0.5, 0.6) is 0 Å². The van der Waals surface area contributed by atoms with Gasteiger partial charge < -0.3 is 5.32 Å². The van der Waals surface area contributed by atoms with Crippen molar-refractivity contribution in [3.8, 4) is 0 Å². The minimum absolute atomic E-state index is 0.120. The second-order valence-corrected chi connectivity index (χ2v) is 8.43. The molecule has 1 atom stereocenters. The van der Waals surface area contributed by atoms with Crippen molar-refractivity contribution in [3.63, 3.8) is 0 Å². The first kappa shape index (κ1) is 20.7. The highest BCUT2D eigenvalue weighted by Crippen LogP contribution is 2.21. The highest BCUT2D eigenvalue weighted by molar-refractivity contribution is 7.89. The Morgan fingerprint density at radius 2 is 1.77 bits per heavy atom. The molecule has 5 nitrogen and oxygen atoms in total. The summed E-state index contributed by atoms with van der Waals surface area (Å²) in [6, 6.07) is 10.7. The maximum absolute atomic E-state index is 12.2. The van der Waals surface area contributed by atoms with Gasteiger partial charge in [-0.05, 0) is 55.3 Å². The molecule has 2 rings (SSSR count). The fourth-order valence-corrected chi connectivity index (χ4v) is 3.95. The van der Waals surface area contributed by atoms with Crippen LogP contribution in [0.1, 0.15) is 36.2 Å². The van der Waals surface area contributed by atoms with Crippen LogP contribution in [0.3, 0.4) is 0 Å². The van der Waals surface area contributed by atoms with Crippen LogP contribution in [0.15, 0.2) is 47.4 Å². The van der Waals surface area contributed by atoms with Gasteiger partial charge in [0.15, 0.2) is 0 Å². The van der Waals surface area contributed by atoms with E-state index in [0.29, 0.717) is 22.0 Å². The maximum Gasteiger partial charge on any atom is 0.251 e. The van der Waals surface area contributed by atoms with E-state index < -0.39 is 10.0 Å². The number of sulfonamides is 1. The molecule has 2 aromatic rings. The molecule has 0 saturated heterocycles. The number of amides is 1. The molecule has 0 spiro atoms. The summed E-state index contributed by atoms with van der Waals surface area (Å²) in [6.45, 7) is 3.93. The predicted octanol–water partition coefficient (Wildman–Crippen LogP) is 4.00. The minimum Gasteiger partial charge on any atom is -0.348 e. The molecule has 0 aliphatic rings. The van der Waals surface area contributed by atoms with Crippen LogP contribution in [0.2, 0.25) is 10.0 Å². The first-order valence-electron chi connectivity index (χ1n) is 8.07. The minimum atomic E-state index is -3.59. The molecule has 26 heavy (non-hydrogen) atoms. The highest BCUT2D eigenvalue weighted by atomic mass is 35.5. The quantitative estimate of drug-likeness (QED) is 0.718. The van der Waals surface area contributed by atoms with E-state index in [9.17, 15) is 13.2 Å². The van der Waals surface area contributed by atoms with E-state index in [2.05, 4.69) is 10.0 Å². The Balaban J connectivity index is 2.04. The molecule has 2 aromatic carbocycles. The molecule has 0 aliphatic carbocycles. The van der Waals surface area contributed by atoms with Crippen molar-refractivity contribution in [3.05, 3.63) is 63.6 Å². The van der Waals surface area contributed by atoms with Crippen molar-refractivity contribution in [2.24, 2.45) is 0 Å². The van der Waals surface area contributed by atoms with Gasteiger partial charge in [-0.1, -0.05) is 36.2 Å². The SMILES string of the molecule is CC[C@H](C)NS(=O)(=O)c1ccc(C(=O)NCc2ccc(Cl)cc2Cl)cc1. The molecule has 0 heterocycles. The van der Waals surface area contributed by atoms with Gasteiger partial charge in [-0.3, -0.25) is 4.79 Å². The summed E-state index contributed by atoms with van der Waals surface area (Å²) >= 11 is 11.9. The van der Waals surface area contributed by atoms with Crippen molar-refractivity contribution in [1.82, 2.24) is 10.0 Å². The van der Waals surface area contributed by atoms with Crippen LogP contribution in [-0.4, -0.2) is 20.4 Å². The average Bonchev–Trinajstić information content (AvgIpc) is 2.60. The first-order chi connectivity index (χ1) is 12.2. The van der Waals surface area contributed by atoms with E-state index in [1.807, 2.05) is 6.92 Å². The Hall–Kier alpha value is -1.60. The molecule has 0 fully saturated rings. The fourth-order valence-electron chi connectivity index (χ4n) is 2.14. The average molecular weight is 415 g/mol. The van der Waals surface area contributed by atoms with Gasteiger partial charge in [-0.15, -0.1) is 0 Å². The van der Waals surface area contributed by atoms with Gasteiger partial charge in [-0.25, -0.2) is 13.1 Å². The number of carbonyl (C=O) groups is 1. The number of carbonyl (C=O) groups excluding carboxylic acids is 1. The van der Waals surface area contributed by atoms with E-state index in [1.165, 1.54) is 24.3 Å². The number of nitrogens with one attached hydrogen (secondary N) is 2. The molecule has 0 radical (unpaired) electrons. The lowest BCUT2D eigenvalue weighted by molar-refractivity contribution is 0.0951. The van der Waals surface area contributed by atoms with Crippen LogP contribution in [0.25, 0.3) is 0 Å². The highest BCUT2D eigenvalue weighted by Gasteiger charge is 2.17. The van der Waals surface area contributed by atoms with E-state index in [-0.39, 0.29) is 23.4 Å². The molecule has 0 aromatic heterocycles. The Bertz CT molecular complexity index is 884. The summed E-state index contributed by atoms with van der Waals surface area (Å²) < 4.78 is 27.0. The topological polar surface area (TPSA) is 75.3 Å². The second kappa shape index (κ2) is 8.86. The van der Waals surface area contributed by atoms with Crippen molar-refractivity contribution in [2.75, 3.05) is 0 Å². The standard InChI is InChI=1S/C18H20Cl2N2O3S/c1-3-12(2)22-26(24,25)16-8-5-13(6-9-16)18(23)21-11-14-4-7-15(19)10-17(14)20/h4-10,12,22H,3,11H2,1-2H3,(H,21,23)/t12-/m0/s1. The predicted molar refractivity (Wildman–Crippen MR) is 104 cm³/mol. The molecule has 0 saturated carbocycles. The summed E-state index contributed by atoms with van der Waals surface area (Å²) in [4.78, 5) is 12.4. The van der Waals surface area contributed by atoms with Crippen LogP contribution in [-0.2, 0) is 16.6 Å². The van der Waals surface area contributed by atoms with Crippen LogP contribution >= 0.6 is 23.2 Å². The van der Waals surface area contributed by atoms with Gasteiger partial charge >= 0.3 is 0 Å². The van der Waals surface area contributed by atoms with E-state index >= 15 is 0 Å². The van der Waals surface area contributed by atoms with Gasteiger partial charge in [0.05, 0.1) is 4.90 Å². The van der Waals surface area contributed by atoms with Crippen LogP contribution < -0.4 is 10.0 Å². The van der Waals surface area contributed by atoms with Gasteiger partial charge in [0.2, 0.25) is 10.0 Å². The summed E-state index contributed by atoms with van der Waals surface area (Å²) in [6.07, 6.45) is 0.687. The second-order valence-electron chi connectivity index (χ2n) is 5.87. The molecule has 0 aliphatic heterocycles. The van der Waals surface area contributed by atoms with Gasteiger partial charge in [0.1, 0.15) is 0 Å². The smallest absolute Gasteiger partial charge is 0.251 e.